The van der Waals surface area contributed by atoms with E-state index in [1.54, 1.807) is 6.20 Å². The van der Waals surface area contributed by atoms with Gasteiger partial charge >= 0.3 is 0 Å². The van der Waals surface area contributed by atoms with Crippen molar-refractivity contribution in [2.24, 2.45) is 5.73 Å². The number of hydrogen-bond acceptors (Lipinski definition) is 3. The Morgan fingerprint density at radius 3 is 2.81 bits per heavy atom. The van der Waals surface area contributed by atoms with Crippen LogP contribution in [0, 0.1) is 6.92 Å². The van der Waals surface area contributed by atoms with Gasteiger partial charge in [0.25, 0.3) is 0 Å². The largest absolute Gasteiger partial charge is 0.368 e. The Kier molecular flexibility index (Phi) is 2.96. The number of rotatable bonds is 5. The van der Waals surface area contributed by atoms with Crippen LogP contribution in [0.4, 0.5) is 0 Å². The van der Waals surface area contributed by atoms with Crippen molar-refractivity contribution in [3.63, 3.8) is 0 Å². The normalized spacial score (nSPS) is 19.4. The molecule has 1 aromatic heterocycles. The van der Waals surface area contributed by atoms with Crippen LogP contribution in [0.5, 0.6) is 0 Å². The smallest absolute Gasteiger partial charge is 0.236 e. The predicted octanol–water partition coefficient (Wildman–Crippen LogP) is 0.358. The van der Waals surface area contributed by atoms with Crippen molar-refractivity contribution in [2.45, 2.75) is 44.8 Å². The number of carbonyl (C=O) groups excluding carboxylic acids is 1. The van der Waals surface area contributed by atoms with E-state index in [-0.39, 0.29) is 18.0 Å². The van der Waals surface area contributed by atoms with Gasteiger partial charge in [0.05, 0.1) is 6.04 Å². The zero-order chi connectivity index (χ0) is 11.7. The van der Waals surface area contributed by atoms with E-state index in [0.717, 1.165) is 18.5 Å². The van der Waals surface area contributed by atoms with Crippen LogP contribution in [-0.4, -0.2) is 27.8 Å². The summed E-state index contributed by atoms with van der Waals surface area (Å²) in [5.41, 5.74) is 6.47. The van der Waals surface area contributed by atoms with E-state index in [1.165, 1.54) is 0 Å². The number of nitrogens with zero attached hydrogens (tertiary/aromatic N) is 2. The van der Waals surface area contributed by atoms with Crippen molar-refractivity contribution in [3.8, 4) is 0 Å². The maximum Gasteiger partial charge on any atom is 0.236 e. The number of nitrogens with two attached hydrogens (primary N) is 1. The van der Waals surface area contributed by atoms with Crippen LogP contribution < -0.4 is 11.1 Å². The first-order chi connectivity index (χ1) is 7.59. The molecule has 0 saturated heterocycles. The number of nitrogens with one attached hydrogen (secondary N) is 1. The minimum absolute atomic E-state index is 0.0481. The summed E-state index contributed by atoms with van der Waals surface area (Å²) in [6.07, 6.45) is 4.00. The van der Waals surface area contributed by atoms with Gasteiger partial charge in [-0.1, -0.05) is 0 Å². The Hall–Kier alpha value is -1.36. The molecule has 1 aromatic rings. The number of hydrogen-bond donors (Lipinski definition) is 2. The molecule has 0 radical (unpaired) electrons. The standard InChI is InChI=1S/C11H18N4O/c1-7-5-6-13-15(7)8(2)10(11(12)16)14-9-3-4-9/h5-6,8-10,14H,3-4H2,1-2H3,(H2,12,16). The molecule has 0 spiro atoms. The zero-order valence-corrected chi connectivity index (χ0v) is 9.68. The Morgan fingerprint density at radius 2 is 2.38 bits per heavy atom. The Labute approximate surface area is 95.0 Å². The van der Waals surface area contributed by atoms with Gasteiger partial charge in [-0.25, -0.2) is 0 Å². The number of aryl methyl sites for hydroxylation is 1. The fourth-order valence-electron chi connectivity index (χ4n) is 1.91. The highest BCUT2D eigenvalue weighted by molar-refractivity contribution is 5.80. The number of primary amides is 1. The molecule has 1 fully saturated rings. The Balaban J connectivity index is 2.12. The summed E-state index contributed by atoms with van der Waals surface area (Å²) < 4.78 is 1.84. The first-order valence-electron chi connectivity index (χ1n) is 5.65. The number of aromatic nitrogens is 2. The molecule has 5 nitrogen and oxygen atoms in total. The van der Waals surface area contributed by atoms with Gasteiger partial charge in [-0.15, -0.1) is 0 Å². The van der Waals surface area contributed by atoms with Crippen LogP contribution >= 0.6 is 0 Å². The Bertz CT molecular complexity index is 383. The topological polar surface area (TPSA) is 72.9 Å². The van der Waals surface area contributed by atoms with E-state index in [4.69, 9.17) is 5.73 Å². The van der Waals surface area contributed by atoms with Gasteiger partial charge in [0.2, 0.25) is 5.91 Å². The molecular formula is C11H18N4O. The van der Waals surface area contributed by atoms with Gasteiger partial charge in [-0.3, -0.25) is 9.48 Å². The second-order valence-electron chi connectivity index (χ2n) is 4.48. The molecule has 5 heteroatoms. The molecule has 2 atom stereocenters. The van der Waals surface area contributed by atoms with Crippen LogP contribution in [0.1, 0.15) is 31.5 Å². The lowest BCUT2D eigenvalue weighted by molar-refractivity contribution is -0.121. The van der Waals surface area contributed by atoms with Crippen molar-refractivity contribution >= 4 is 5.91 Å². The summed E-state index contributed by atoms with van der Waals surface area (Å²) in [7, 11) is 0. The predicted molar refractivity (Wildman–Crippen MR) is 60.8 cm³/mol. The molecule has 1 saturated carbocycles. The minimum Gasteiger partial charge on any atom is -0.368 e. The van der Waals surface area contributed by atoms with Crippen molar-refractivity contribution in [2.75, 3.05) is 0 Å². The van der Waals surface area contributed by atoms with Gasteiger partial charge < -0.3 is 11.1 Å². The highest BCUT2D eigenvalue weighted by Gasteiger charge is 2.32. The maximum atomic E-state index is 11.4. The summed E-state index contributed by atoms with van der Waals surface area (Å²) in [5, 5.41) is 7.49. The average molecular weight is 222 g/mol. The third-order valence-electron chi connectivity index (χ3n) is 3.04. The summed E-state index contributed by atoms with van der Waals surface area (Å²) >= 11 is 0. The molecule has 1 aliphatic rings. The van der Waals surface area contributed by atoms with Crippen LogP contribution in [0.3, 0.4) is 0 Å². The number of carbonyl (C=O) groups is 1. The molecule has 1 amide bonds. The summed E-state index contributed by atoms with van der Waals surface area (Å²) in [5.74, 6) is -0.311. The van der Waals surface area contributed by atoms with E-state index >= 15 is 0 Å². The SMILES string of the molecule is Cc1ccnn1C(C)C(NC1CC1)C(N)=O. The van der Waals surface area contributed by atoms with Crippen LogP contribution in [0.25, 0.3) is 0 Å². The summed E-state index contributed by atoms with van der Waals surface area (Å²) in [4.78, 5) is 11.4. The fourth-order valence-corrected chi connectivity index (χ4v) is 1.91. The van der Waals surface area contributed by atoms with Gasteiger partial charge in [0.15, 0.2) is 0 Å². The van der Waals surface area contributed by atoms with Gasteiger partial charge in [0, 0.05) is 17.9 Å². The maximum absolute atomic E-state index is 11.4. The lowest BCUT2D eigenvalue weighted by Gasteiger charge is -2.23. The highest BCUT2D eigenvalue weighted by atomic mass is 16.1. The Morgan fingerprint density at radius 1 is 1.69 bits per heavy atom. The molecular weight excluding hydrogens is 204 g/mol. The van der Waals surface area contributed by atoms with Crippen LogP contribution in [0.2, 0.25) is 0 Å². The monoisotopic (exact) mass is 222 g/mol. The lowest BCUT2D eigenvalue weighted by Crippen LogP contribution is -2.47. The van der Waals surface area contributed by atoms with Crippen molar-refractivity contribution < 1.29 is 4.79 Å². The summed E-state index contributed by atoms with van der Waals surface area (Å²) in [6, 6.07) is 1.99. The van der Waals surface area contributed by atoms with E-state index in [1.807, 2.05) is 24.6 Å². The minimum atomic E-state index is -0.342. The van der Waals surface area contributed by atoms with Crippen molar-refractivity contribution in [3.05, 3.63) is 18.0 Å². The summed E-state index contributed by atoms with van der Waals surface area (Å²) in [6.45, 7) is 3.93. The van der Waals surface area contributed by atoms with E-state index in [9.17, 15) is 4.79 Å². The first kappa shape index (κ1) is 11.1. The molecule has 3 N–H and O–H groups in total. The van der Waals surface area contributed by atoms with E-state index in [0.29, 0.717) is 6.04 Å². The van der Waals surface area contributed by atoms with Gasteiger partial charge in [0.1, 0.15) is 6.04 Å². The highest BCUT2D eigenvalue weighted by Crippen LogP contribution is 2.22. The molecule has 16 heavy (non-hydrogen) atoms. The molecule has 0 aromatic carbocycles. The lowest BCUT2D eigenvalue weighted by atomic mass is 10.1. The molecule has 1 heterocycles. The molecule has 0 bridgehead atoms. The zero-order valence-electron chi connectivity index (χ0n) is 9.68. The second kappa shape index (κ2) is 4.25. The molecule has 88 valence electrons. The molecule has 2 rings (SSSR count). The molecule has 2 unspecified atom stereocenters. The third-order valence-corrected chi connectivity index (χ3v) is 3.04. The quantitative estimate of drug-likeness (QED) is 0.755. The fraction of sp³-hybridized carbons (Fsp3) is 0.636. The average Bonchev–Trinajstić information content (AvgIpc) is 2.95. The third kappa shape index (κ3) is 2.24. The molecule has 1 aliphatic carbocycles. The first-order valence-corrected chi connectivity index (χ1v) is 5.65. The second-order valence-corrected chi connectivity index (χ2v) is 4.48. The van der Waals surface area contributed by atoms with Crippen molar-refractivity contribution in [1.29, 1.82) is 0 Å². The van der Waals surface area contributed by atoms with Crippen LogP contribution in [0.15, 0.2) is 12.3 Å². The van der Waals surface area contributed by atoms with E-state index in [2.05, 4.69) is 10.4 Å². The van der Waals surface area contributed by atoms with Gasteiger partial charge in [-0.05, 0) is 32.8 Å². The molecule has 0 aliphatic heterocycles. The number of amides is 1. The van der Waals surface area contributed by atoms with E-state index < -0.39 is 0 Å². The van der Waals surface area contributed by atoms with Gasteiger partial charge in [-0.2, -0.15) is 5.10 Å². The van der Waals surface area contributed by atoms with Crippen LogP contribution in [-0.2, 0) is 4.79 Å². The van der Waals surface area contributed by atoms with Crippen molar-refractivity contribution in [1.82, 2.24) is 15.1 Å².